The van der Waals surface area contributed by atoms with Crippen LogP contribution in [0.1, 0.15) is 31.2 Å². The summed E-state index contributed by atoms with van der Waals surface area (Å²) in [5, 5.41) is 0. The average Bonchev–Trinajstić information content (AvgIpc) is 3.34. The summed E-state index contributed by atoms with van der Waals surface area (Å²) >= 11 is 0. The molecule has 0 radical (unpaired) electrons. The Bertz CT molecular complexity index is 870. The van der Waals surface area contributed by atoms with Gasteiger partial charge in [-0.05, 0) is 31.2 Å². The molecule has 0 aliphatic carbocycles. The van der Waals surface area contributed by atoms with Crippen LogP contribution in [-0.4, -0.2) is 86.3 Å². The van der Waals surface area contributed by atoms with Crippen molar-refractivity contribution in [2.45, 2.75) is 37.5 Å². The van der Waals surface area contributed by atoms with Crippen LogP contribution >= 0.6 is 0 Å². The molecule has 1 unspecified atom stereocenters. The highest BCUT2D eigenvalue weighted by Crippen LogP contribution is 2.24. The Balaban J connectivity index is 1.24. The number of ether oxygens (including phenoxy) is 1. The topological polar surface area (TPSA) is 87.2 Å². The molecule has 3 saturated heterocycles. The SMILES string of the molecule is O=C(C1CCN(S(=O)(=O)Cc2ccccc2)CC1)N1CCN(C(=O)C2CCCO2)CC1. The zero-order chi connectivity index (χ0) is 21.8. The van der Waals surface area contributed by atoms with Gasteiger partial charge in [0.15, 0.2) is 0 Å². The van der Waals surface area contributed by atoms with Crippen molar-refractivity contribution >= 4 is 21.8 Å². The number of carbonyl (C=O) groups excluding carboxylic acids is 2. The second kappa shape index (κ2) is 9.67. The number of nitrogens with zero attached hydrogens (tertiary/aromatic N) is 3. The maximum atomic E-state index is 13.0. The minimum absolute atomic E-state index is 0.00680. The summed E-state index contributed by atoms with van der Waals surface area (Å²) in [5.41, 5.74) is 0.774. The number of piperidine rings is 1. The number of amides is 2. The predicted molar refractivity (Wildman–Crippen MR) is 115 cm³/mol. The molecule has 0 spiro atoms. The van der Waals surface area contributed by atoms with Crippen LogP contribution in [0.3, 0.4) is 0 Å². The lowest BCUT2D eigenvalue weighted by atomic mass is 9.96. The third kappa shape index (κ3) is 5.27. The molecule has 31 heavy (non-hydrogen) atoms. The lowest BCUT2D eigenvalue weighted by Gasteiger charge is -2.38. The van der Waals surface area contributed by atoms with Crippen LogP contribution < -0.4 is 0 Å². The van der Waals surface area contributed by atoms with Crippen LogP contribution in [0, 0.1) is 5.92 Å². The van der Waals surface area contributed by atoms with E-state index in [1.807, 2.05) is 35.2 Å². The van der Waals surface area contributed by atoms with Crippen LogP contribution in [0.4, 0.5) is 0 Å². The first-order chi connectivity index (χ1) is 14.9. The second-order valence-electron chi connectivity index (χ2n) is 8.57. The minimum Gasteiger partial charge on any atom is -0.368 e. The minimum atomic E-state index is -3.38. The summed E-state index contributed by atoms with van der Waals surface area (Å²) in [6.45, 7) is 3.54. The highest BCUT2D eigenvalue weighted by atomic mass is 32.2. The normalized spacial score (nSPS) is 23.8. The molecule has 170 valence electrons. The summed E-state index contributed by atoms with van der Waals surface area (Å²) in [5.74, 6) is -0.0258. The maximum absolute atomic E-state index is 13.0. The van der Waals surface area contributed by atoms with Crippen LogP contribution in [-0.2, 0) is 30.1 Å². The Morgan fingerprint density at radius 1 is 0.871 bits per heavy atom. The maximum Gasteiger partial charge on any atom is 0.251 e. The van der Waals surface area contributed by atoms with Gasteiger partial charge < -0.3 is 14.5 Å². The molecule has 3 aliphatic rings. The molecule has 9 heteroatoms. The monoisotopic (exact) mass is 449 g/mol. The summed E-state index contributed by atoms with van der Waals surface area (Å²) in [6.07, 6.45) is 2.48. The fraction of sp³-hybridized carbons (Fsp3) is 0.636. The summed E-state index contributed by atoms with van der Waals surface area (Å²) in [6, 6.07) is 9.17. The smallest absolute Gasteiger partial charge is 0.251 e. The second-order valence-corrected chi connectivity index (χ2v) is 10.5. The van der Waals surface area contributed by atoms with E-state index in [9.17, 15) is 18.0 Å². The van der Waals surface area contributed by atoms with Crippen molar-refractivity contribution in [1.82, 2.24) is 14.1 Å². The van der Waals surface area contributed by atoms with Crippen molar-refractivity contribution < 1.29 is 22.7 Å². The van der Waals surface area contributed by atoms with E-state index in [1.54, 1.807) is 4.90 Å². The molecule has 3 aliphatic heterocycles. The van der Waals surface area contributed by atoms with E-state index in [0.717, 1.165) is 18.4 Å². The van der Waals surface area contributed by atoms with Crippen LogP contribution in [0.2, 0.25) is 0 Å². The van der Waals surface area contributed by atoms with Crippen molar-refractivity contribution in [3.8, 4) is 0 Å². The fourth-order valence-electron chi connectivity index (χ4n) is 4.64. The molecule has 0 N–H and O–H groups in total. The van der Waals surface area contributed by atoms with Gasteiger partial charge in [0.25, 0.3) is 5.91 Å². The molecule has 1 aromatic carbocycles. The summed E-state index contributed by atoms with van der Waals surface area (Å²) in [7, 11) is -3.38. The first-order valence-electron chi connectivity index (χ1n) is 11.1. The van der Waals surface area contributed by atoms with Crippen molar-refractivity contribution in [2.75, 3.05) is 45.9 Å². The Hall–Kier alpha value is -1.97. The van der Waals surface area contributed by atoms with E-state index in [0.29, 0.717) is 58.7 Å². The van der Waals surface area contributed by atoms with E-state index in [2.05, 4.69) is 0 Å². The van der Waals surface area contributed by atoms with Gasteiger partial charge in [0, 0.05) is 51.8 Å². The first kappa shape index (κ1) is 22.2. The highest BCUT2D eigenvalue weighted by Gasteiger charge is 2.35. The fourth-order valence-corrected chi connectivity index (χ4v) is 6.20. The lowest BCUT2D eigenvalue weighted by molar-refractivity contribution is -0.147. The van der Waals surface area contributed by atoms with Crippen molar-refractivity contribution in [2.24, 2.45) is 5.92 Å². The van der Waals surface area contributed by atoms with Crippen LogP contribution in [0.15, 0.2) is 30.3 Å². The van der Waals surface area contributed by atoms with Crippen molar-refractivity contribution in [3.05, 3.63) is 35.9 Å². The third-order valence-corrected chi connectivity index (χ3v) is 8.35. The summed E-state index contributed by atoms with van der Waals surface area (Å²) in [4.78, 5) is 29.1. The quantitative estimate of drug-likeness (QED) is 0.671. The predicted octanol–water partition coefficient (Wildman–Crippen LogP) is 1.08. The van der Waals surface area contributed by atoms with Gasteiger partial charge in [0.05, 0.1) is 5.75 Å². The van der Waals surface area contributed by atoms with Gasteiger partial charge in [-0.15, -0.1) is 0 Å². The Morgan fingerprint density at radius 3 is 2.06 bits per heavy atom. The number of hydrogen-bond acceptors (Lipinski definition) is 5. The molecule has 3 fully saturated rings. The number of benzene rings is 1. The number of hydrogen-bond donors (Lipinski definition) is 0. The largest absolute Gasteiger partial charge is 0.368 e. The summed E-state index contributed by atoms with van der Waals surface area (Å²) < 4.78 is 32.5. The van der Waals surface area contributed by atoms with Crippen LogP contribution in [0.25, 0.3) is 0 Å². The number of rotatable bonds is 5. The molecule has 0 bridgehead atoms. The molecule has 0 aromatic heterocycles. The van der Waals surface area contributed by atoms with Crippen molar-refractivity contribution in [3.63, 3.8) is 0 Å². The molecular formula is C22H31N3O5S. The zero-order valence-electron chi connectivity index (χ0n) is 17.8. The van der Waals surface area contributed by atoms with Crippen molar-refractivity contribution in [1.29, 1.82) is 0 Å². The Kier molecular flexibility index (Phi) is 6.93. The standard InChI is InChI=1S/C22H31N3O5S/c26-21(23-12-14-24(15-13-23)22(27)20-7-4-16-30-20)19-8-10-25(11-9-19)31(28,29)17-18-5-2-1-3-6-18/h1-3,5-6,19-20H,4,7-17H2. The molecule has 0 saturated carbocycles. The van der Waals surface area contributed by atoms with Gasteiger partial charge >= 0.3 is 0 Å². The van der Waals surface area contributed by atoms with E-state index in [-0.39, 0.29) is 29.6 Å². The van der Waals surface area contributed by atoms with Gasteiger partial charge in [0.2, 0.25) is 15.9 Å². The van der Waals surface area contributed by atoms with Gasteiger partial charge in [0.1, 0.15) is 6.10 Å². The molecule has 1 aromatic rings. The number of piperazine rings is 1. The molecular weight excluding hydrogens is 418 g/mol. The van der Waals surface area contributed by atoms with Gasteiger partial charge in [-0.2, -0.15) is 0 Å². The molecule has 3 heterocycles. The van der Waals surface area contributed by atoms with E-state index >= 15 is 0 Å². The Labute approximate surface area is 184 Å². The van der Waals surface area contributed by atoms with E-state index in [1.165, 1.54) is 4.31 Å². The van der Waals surface area contributed by atoms with E-state index in [4.69, 9.17) is 4.74 Å². The van der Waals surface area contributed by atoms with Gasteiger partial charge in [-0.1, -0.05) is 30.3 Å². The first-order valence-corrected chi connectivity index (χ1v) is 12.8. The molecule has 1 atom stereocenters. The Morgan fingerprint density at radius 2 is 1.48 bits per heavy atom. The number of sulfonamides is 1. The molecule has 2 amide bonds. The highest BCUT2D eigenvalue weighted by molar-refractivity contribution is 7.88. The third-order valence-electron chi connectivity index (χ3n) is 6.50. The van der Waals surface area contributed by atoms with Gasteiger partial charge in [-0.3, -0.25) is 9.59 Å². The van der Waals surface area contributed by atoms with Gasteiger partial charge in [-0.25, -0.2) is 12.7 Å². The molecule has 4 rings (SSSR count). The van der Waals surface area contributed by atoms with Crippen LogP contribution in [0.5, 0.6) is 0 Å². The number of carbonyl (C=O) groups is 2. The molecule has 8 nitrogen and oxygen atoms in total. The average molecular weight is 450 g/mol. The van der Waals surface area contributed by atoms with E-state index < -0.39 is 10.0 Å². The lowest BCUT2D eigenvalue weighted by Crippen LogP contribution is -2.54. The zero-order valence-corrected chi connectivity index (χ0v) is 18.6.